The molecule has 0 spiro atoms. The molecule has 0 radical (unpaired) electrons. The minimum absolute atomic E-state index is 0.761. The molecule has 0 saturated carbocycles. The molecule has 2 aromatic heterocycles. The van der Waals surface area contributed by atoms with Gasteiger partial charge in [-0.1, -0.05) is 0 Å². The van der Waals surface area contributed by atoms with Crippen LogP contribution in [-0.4, -0.2) is 0 Å². The van der Waals surface area contributed by atoms with Crippen molar-refractivity contribution in [3.8, 4) is 0 Å². The Hall–Kier alpha value is -1.12. The van der Waals surface area contributed by atoms with Gasteiger partial charge in [0.05, 0.1) is 6.42 Å². The van der Waals surface area contributed by atoms with Crippen LogP contribution in [0.2, 0.25) is 10.3 Å². The van der Waals surface area contributed by atoms with E-state index in [-0.39, 0.29) is 0 Å². The monoisotopic (exact) mass is 268 g/mol. The normalized spacial score (nSPS) is 10.5. The number of pyridine rings is 2. The van der Waals surface area contributed by atoms with E-state index in [1.54, 1.807) is 0 Å². The molecule has 0 amide bonds. The number of aryl methyl sites for hydroxylation is 2. The van der Waals surface area contributed by atoms with Crippen molar-refractivity contribution in [1.82, 2.24) is 0 Å². The Morgan fingerprint density at radius 3 is 1.65 bits per heavy atom. The largest absolute Gasteiger partial charge is 0.274 e. The van der Waals surface area contributed by atoms with Crippen LogP contribution in [-0.2, 0) is 13.1 Å². The molecule has 17 heavy (non-hydrogen) atoms. The second kappa shape index (κ2) is 5.99. The SMILES string of the molecule is Clc1cccc[n+]1CCC[n+]1ccccc1Cl. The van der Waals surface area contributed by atoms with Crippen LogP contribution in [0.15, 0.2) is 48.8 Å². The molecule has 0 aliphatic carbocycles. The number of nitrogens with zero attached hydrogens (tertiary/aromatic N) is 2. The van der Waals surface area contributed by atoms with Gasteiger partial charge in [-0.3, -0.25) is 0 Å². The minimum atomic E-state index is 0.761. The molecule has 0 fully saturated rings. The molecule has 0 atom stereocenters. The molecule has 0 saturated heterocycles. The second-order valence-corrected chi connectivity index (χ2v) is 4.56. The van der Waals surface area contributed by atoms with Crippen LogP contribution in [0.3, 0.4) is 0 Å². The van der Waals surface area contributed by atoms with E-state index in [0.717, 1.165) is 29.8 Å². The van der Waals surface area contributed by atoms with Crippen LogP contribution in [0.25, 0.3) is 0 Å². The predicted molar refractivity (Wildman–Crippen MR) is 67.9 cm³/mol. The molecule has 0 aromatic carbocycles. The van der Waals surface area contributed by atoms with Crippen LogP contribution in [0, 0.1) is 0 Å². The minimum Gasteiger partial charge on any atom is -0.188 e. The van der Waals surface area contributed by atoms with Gasteiger partial charge in [0.25, 0.3) is 10.3 Å². The zero-order valence-corrected chi connectivity index (χ0v) is 10.9. The summed E-state index contributed by atoms with van der Waals surface area (Å²) in [4.78, 5) is 0. The van der Waals surface area contributed by atoms with Crippen molar-refractivity contribution in [3.63, 3.8) is 0 Å². The zero-order valence-electron chi connectivity index (χ0n) is 9.39. The maximum absolute atomic E-state index is 6.07. The van der Waals surface area contributed by atoms with Gasteiger partial charge >= 0.3 is 0 Å². The van der Waals surface area contributed by atoms with Crippen molar-refractivity contribution in [2.75, 3.05) is 0 Å². The third-order valence-corrected chi connectivity index (χ3v) is 3.25. The molecule has 0 aliphatic heterocycles. The van der Waals surface area contributed by atoms with E-state index in [1.165, 1.54) is 0 Å². The number of hydrogen-bond acceptors (Lipinski definition) is 0. The van der Waals surface area contributed by atoms with Crippen LogP contribution < -0.4 is 9.13 Å². The highest BCUT2D eigenvalue weighted by Gasteiger charge is 2.10. The van der Waals surface area contributed by atoms with Crippen LogP contribution in [0.1, 0.15) is 6.42 Å². The van der Waals surface area contributed by atoms with E-state index >= 15 is 0 Å². The third-order valence-electron chi connectivity index (χ3n) is 2.57. The van der Waals surface area contributed by atoms with Crippen LogP contribution in [0.5, 0.6) is 0 Å². The lowest BCUT2D eigenvalue weighted by atomic mass is 10.3. The first kappa shape index (κ1) is 12.3. The summed E-state index contributed by atoms with van der Waals surface area (Å²) in [5, 5.41) is 1.52. The molecule has 2 heterocycles. The van der Waals surface area contributed by atoms with Crippen molar-refractivity contribution in [2.45, 2.75) is 19.5 Å². The summed E-state index contributed by atoms with van der Waals surface area (Å²) in [6, 6.07) is 11.6. The molecule has 2 nitrogen and oxygen atoms in total. The Morgan fingerprint density at radius 1 is 0.765 bits per heavy atom. The lowest BCUT2D eigenvalue weighted by Gasteiger charge is -1.98. The summed E-state index contributed by atoms with van der Waals surface area (Å²) in [6.45, 7) is 1.77. The van der Waals surface area contributed by atoms with E-state index in [1.807, 2.05) is 57.9 Å². The van der Waals surface area contributed by atoms with E-state index in [4.69, 9.17) is 23.2 Å². The van der Waals surface area contributed by atoms with E-state index in [2.05, 4.69) is 0 Å². The predicted octanol–water partition coefficient (Wildman–Crippen LogP) is 2.66. The van der Waals surface area contributed by atoms with E-state index < -0.39 is 0 Å². The standard InChI is InChI=1S/C13H14Cl2N2/c14-12-6-1-3-8-16(12)10-5-11-17-9-4-2-7-13(17)15/h1-4,6-9H,5,10-11H2/q+2. The third kappa shape index (κ3) is 3.42. The van der Waals surface area contributed by atoms with Gasteiger partial charge in [-0.15, -0.1) is 0 Å². The fraction of sp³-hybridized carbons (Fsp3) is 0.231. The number of hydrogen-bond donors (Lipinski definition) is 0. The van der Waals surface area contributed by atoms with Crippen LogP contribution in [0.4, 0.5) is 0 Å². The van der Waals surface area contributed by atoms with Gasteiger partial charge in [-0.05, 0) is 35.3 Å². The summed E-state index contributed by atoms with van der Waals surface area (Å²) in [6.07, 6.45) is 4.96. The molecule has 0 N–H and O–H groups in total. The number of rotatable bonds is 4. The molecule has 0 aliphatic rings. The molecule has 0 bridgehead atoms. The van der Waals surface area contributed by atoms with Crippen molar-refractivity contribution in [1.29, 1.82) is 0 Å². The van der Waals surface area contributed by atoms with Crippen molar-refractivity contribution < 1.29 is 9.13 Å². The van der Waals surface area contributed by atoms with Crippen LogP contribution >= 0.6 is 23.2 Å². The fourth-order valence-corrected chi connectivity index (χ4v) is 2.11. The summed E-state index contributed by atoms with van der Waals surface area (Å²) < 4.78 is 4.05. The fourth-order valence-electron chi connectivity index (χ4n) is 1.69. The zero-order chi connectivity index (χ0) is 12.1. The van der Waals surface area contributed by atoms with Crippen molar-refractivity contribution in [2.24, 2.45) is 0 Å². The molecular formula is C13H14Cl2N2+2. The smallest absolute Gasteiger partial charge is 0.188 e. The molecule has 88 valence electrons. The highest BCUT2D eigenvalue weighted by atomic mass is 35.5. The van der Waals surface area contributed by atoms with E-state index in [0.29, 0.717) is 0 Å². The van der Waals surface area contributed by atoms with Gasteiger partial charge < -0.3 is 0 Å². The Labute approximate surface area is 111 Å². The maximum atomic E-state index is 6.07. The average molecular weight is 269 g/mol. The Bertz CT molecular complexity index is 455. The summed E-state index contributed by atoms with van der Waals surface area (Å²) in [5.41, 5.74) is 0. The molecule has 4 heteroatoms. The average Bonchev–Trinajstić information content (AvgIpc) is 2.34. The Balaban J connectivity index is 1.93. The first-order valence-electron chi connectivity index (χ1n) is 5.55. The van der Waals surface area contributed by atoms with Gasteiger partial charge in [0.15, 0.2) is 25.5 Å². The van der Waals surface area contributed by atoms with Crippen molar-refractivity contribution in [3.05, 3.63) is 59.1 Å². The number of halogens is 2. The summed E-state index contributed by atoms with van der Waals surface area (Å²) in [5.74, 6) is 0. The van der Waals surface area contributed by atoms with Gasteiger partial charge in [0.2, 0.25) is 0 Å². The second-order valence-electron chi connectivity index (χ2n) is 3.79. The van der Waals surface area contributed by atoms with Gasteiger partial charge in [-0.25, -0.2) is 0 Å². The summed E-state index contributed by atoms with van der Waals surface area (Å²) >= 11 is 12.1. The van der Waals surface area contributed by atoms with Gasteiger partial charge in [0.1, 0.15) is 0 Å². The lowest BCUT2D eigenvalue weighted by Crippen LogP contribution is -2.39. The molecule has 2 aromatic rings. The first-order valence-corrected chi connectivity index (χ1v) is 6.31. The highest BCUT2D eigenvalue weighted by Crippen LogP contribution is 2.01. The van der Waals surface area contributed by atoms with E-state index in [9.17, 15) is 0 Å². The first-order chi connectivity index (χ1) is 8.27. The van der Waals surface area contributed by atoms with Gasteiger partial charge in [0, 0.05) is 24.3 Å². The van der Waals surface area contributed by atoms with Crippen molar-refractivity contribution >= 4 is 23.2 Å². The lowest BCUT2D eigenvalue weighted by molar-refractivity contribution is -0.724. The Kier molecular flexibility index (Phi) is 4.35. The summed E-state index contributed by atoms with van der Waals surface area (Å²) in [7, 11) is 0. The highest BCUT2D eigenvalue weighted by molar-refractivity contribution is 6.28. The molecule has 0 unspecified atom stereocenters. The van der Waals surface area contributed by atoms with Gasteiger partial charge in [-0.2, -0.15) is 9.13 Å². The maximum Gasteiger partial charge on any atom is 0.274 e. The quantitative estimate of drug-likeness (QED) is 0.595. The molecule has 2 rings (SSSR count). The molecular weight excluding hydrogens is 255 g/mol. The number of aromatic nitrogens is 2. The topological polar surface area (TPSA) is 7.76 Å². The Morgan fingerprint density at radius 2 is 1.24 bits per heavy atom.